The van der Waals surface area contributed by atoms with Gasteiger partial charge in [0.15, 0.2) is 0 Å². The van der Waals surface area contributed by atoms with Crippen LogP contribution in [0.4, 0.5) is 10.5 Å². The predicted molar refractivity (Wildman–Crippen MR) is 132 cm³/mol. The number of carbonyl (C=O) groups is 1. The number of nitrogens with one attached hydrogen (secondary N) is 1. The highest BCUT2D eigenvalue weighted by Gasteiger charge is 2.37. The number of para-hydroxylation sites is 1. The van der Waals surface area contributed by atoms with Crippen LogP contribution in [0.25, 0.3) is 0 Å². The molecule has 0 saturated carbocycles. The van der Waals surface area contributed by atoms with Gasteiger partial charge in [0.05, 0.1) is 23.2 Å². The number of rotatable bonds is 7. The Kier molecular flexibility index (Phi) is 7.41. The fourth-order valence-corrected chi connectivity index (χ4v) is 5.85. The molecule has 0 saturated heterocycles. The summed E-state index contributed by atoms with van der Waals surface area (Å²) in [6.07, 6.45) is 0.634. The average Bonchev–Trinajstić information content (AvgIpc) is 2.86. The summed E-state index contributed by atoms with van der Waals surface area (Å²) >= 11 is 5.97. The van der Waals surface area contributed by atoms with Gasteiger partial charge in [-0.15, -0.1) is 0 Å². The number of hydrogen-bond acceptors (Lipinski definition) is 5. The Hall–Kier alpha value is -3.07. The summed E-state index contributed by atoms with van der Waals surface area (Å²) < 4.78 is 34.3. The van der Waals surface area contributed by atoms with Gasteiger partial charge in [0.1, 0.15) is 6.61 Å². The van der Waals surface area contributed by atoms with E-state index in [0.29, 0.717) is 30.1 Å². The Morgan fingerprint density at radius 3 is 2.44 bits per heavy atom. The number of hydrogen-bond donors (Lipinski definition) is 1. The van der Waals surface area contributed by atoms with Gasteiger partial charge in [-0.25, -0.2) is 23.6 Å². The molecule has 9 heteroatoms. The van der Waals surface area contributed by atoms with E-state index in [1.54, 1.807) is 31.3 Å². The fourth-order valence-electron chi connectivity index (χ4n) is 4.02. The normalized spacial score (nSPS) is 15.5. The van der Waals surface area contributed by atoms with Gasteiger partial charge in [-0.05, 0) is 54.3 Å². The number of amides is 1. The minimum atomic E-state index is -3.91. The number of halogens is 1. The molecule has 4 rings (SSSR count). The number of hydrazine groups is 1. The molecule has 1 amide bonds. The standard InChI is InChI=1S/C25H26ClN3O4S/c1-27-28(17-19-7-3-2-4-8-19)25(30)33-18-22-14-11-20-9-5-6-10-24(20)29(22)34(31,32)23-15-12-21(26)13-16-23/h2-10,12-13,15-16,22,27H,11,14,17-18H2,1H3. The van der Waals surface area contributed by atoms with Crippen LogP contribution >= 0.6 is 11.6 Å². The summed E-state index contributed by atoms with van der Waals surface area (Å²) in [5.41, 5.74) is 5.31. The van der Waals surface area contributed by atoms with Crippen molar-refractivity contribution in [1.82, 2.24) is 10.4 Å². The number of nitrogens with zero attached hydrogens (tertiary/aromatic N) is 2. The highest BCUT2D eigenvalue weighted by molar-refractivity contribution is 7.92. The SMILES string of the molecule is CNN(Cc1ccccc1)C(=O)OCC1CCc2ccccc2N1S(=O)(=O)c1ccc(Cl)cc1. The molecule has 34 heavy (non-hydrogen) atoms. The zero-order valence-corrected chi connectivity index (χ0v) is 20.3. The highest BCUT2D eigenvalue weighted by Crippen LogP contribution is 2.35. The van der Waals surface area contributed by atoms with E-state index >= 15 is 0 Å². The van der Waals surface area contributed by atoms with Gasteiger partial charge in [-0.2, -0.15) is 0 Å². The molecule has 1 atom stereocenters. The van der Waals surface area contributed by atoms with Gasteiger partial charge in [-0.1, -0.05) is 60.1 Å². The summed E-state index contributed by atoms with van der Waals surface area (Å²) in [5, 5.41) is 1.80. The Labute approximate surface area is 204 Å². The molecule has 0 spiro atoms. The van der Waals surface area contributed by atoms with Crippen LogP contribution in [-0.4, -0.2) is 39.2 Å². The van der Waals surface area contributed by atoms with Gasteiger partial charge >= 0.3 is 6.09 Å². The predicted octanol–water partition coefficient (Wildman–Crippen LogP) is 4.62. The second-order valence-corrected chi connectivity index (χ2v) is 10.2. The first-order valence-electron chi connectivity index (χ1n) is 10.9. The van der Waals surface area contributed by atoms with Crippen molar-refractivity contribution in [1.29, 1.82) is 0 Å². The molecule has 3 aromatic rings. The first kappa shape index (κ1) is 24.1. The fraction of sp³-hybridized carbons (Fsp3) is 0.240. The third kappa shape index (κ3) is 5.19. The van der Waals surface area contributed by atoms with E-state index in [9.17, 15) is 13.2 Å². The summed E-state index contributed by atoms with van der Waals surface area (Å²) in [6.45, 7) is 0.240. The Balaban J connectivity index is 1.56. The monoisotopic (exact) mass is 499 g/mol. The topological polar surface area (TPSA) is 79.0 Å². The Bertz CT molecular complexity index is 1240. The van der Waals surface area contributed by atoms with Crippen LogP contribution in [-0.2, 0) is 27.7 Å². The number of fused-ring (bicyclic) bond motifs is 1. The van der Waals surface area contributed by atoms with Crippen LogP contribution in [0.15, 0.2) is 83.8 Å². The van der Waals surface area contributed by atoms with Crippen molar-refractivity contribution < 1.29 is 17.9 Å². The molecule has 1 aliphatic rings. The number of ether oxygens (including phenoxy) is 1. The summed E-state index contributed by atoms with van der Waals surface area (Å²) in [6, 6.07) is 22.4. The van der Waals surface area contributed by atoms with Crippen molar-refractivity contribution in [3.05, 3.63) is 95.0 Å². The zero-order valence-electron chi connectivity index (χ0n) is 18.7. The second kappa shape index (κ2) is 10.5. The Morgan fingerprint density at radius 1 is 1.06 bits per heavy atom. The summed E-state index contributed by atoms with van der Waals surface area (Å²) in [7, 11) is -2.27. The Morgan fingerprint density at radius 2 is 1.74 bits per heavy atom. The second-order valence-electron chi connectivity index (χ2n) is 7.95. The number of sulfonamides is 1. The van der Waals surface area contributed by atoms with Gasteiger partial charge in [0, 0.05) is 12.1 Å². The van der Waals surface area contributed by atoms with Crippen molar-refractivity contribution in [2.24, 2.45) is 0 Å². The molecule has 1 unspecified atom stereocenters. The van der Waals surface area contributed by atoms with E-state index in [2.05, 4.69) is 5.43 Å². The van der Waals surface area contributed by atoms with E-state index in [1.165, 1.54) is 21.4 Å². The number of carbonyl (C=O) groups excluding carboxylic acids is 1. The molecular formula is C25H26ClN3O4S. The van der Waals surface area contributed by atoms with Crippen LogP contribution in [0.3, 0.4) is 0 Å². The van der Waals surface area contributed by atoms with Crippen molar-refractivity contribution in [2.45, 2.75) is 30.3 Å². The van der Waals surface area contributed by atoms with Gasteiger partial charge in [0.2, 0.25) is 0 Å². The molecule has 0 radical (unpaired) electrons. The van der Waals surface area contributed by atoms with Crippen LogP contribution in [0.1, 0.15) is 17.5 Å². The van der Waals surface area contributed by atoms with Crippen LogP contribution < -0.4 is 9.73 Å². The molecule has 3 aromatic carbocycles. The molecule has 1 aliphatic heterocycles. The lowest BCUT2D eigenvalue weighted by atomic mass is 9.98. The van der Waals surface area contributed by atoms with Crippen LogP contribution in [0.5, 0.6) is 0 Å². The van der Waals surface area contributed by atoms with Crippen LogP contribution in [0, 0.1) is 0 Å². The molecule has 178 valence electrons. The maximum absolute atomic E-state index is 13.7. The number of aryl methyl sites for hydroxylation is 1. The smallest absolute Gasteiger partial charge is 0.424 e. The van der Waals surface area contributed by atoms with Gasteiger partial charge in [-0.3, -0.25) is 4.31 Å². The maximum atomic E-state index is 13.7. The highest BCUT2D eigenvalue weighted by atomic mass is 35.5. The molecule has 1 N–H and O–H groups in total. The quantitative estimate of drug-likeness (QED) is 0.480. The van der Waals surface area contributed by atoms with Gasteiger partial charge < -0.3 is 4.74 Å². The average molecular weight is 500 g/mol. The van der Waals surface area contributed by atoms with E-state index < -0.39 is 22.2 Å². The third-order valence-corrected chi connectivity index (χ3v) is 7.88. The van der Waals surface area contributed by atoms with Crippen molar-refractivity contribution in [3.8, 4) is 0 Å². The minimum Gasteiger partial charge on any atom is -0.446 e. The molecule has 1 heterocycles. The van der Waals surface area contributed by atoms with Crippen molar-refractivity contribution >= 4 is 33.4 Å². The molecular weight excluding hydrogens is 474 g/mol. The number of benzene rings is 3. The maximum Gasteiger partial charge on any atom is 0.424 e. The van der Waals surface area contributed by atoms with E-state index in [4.69, 9.17) is 16.3 Å². The summed E-state index contributed by atoms with van der Waals surface area (Å²) in [5.74, 6) is 0. The lowest BCUT2D eigenvalue weighted by molar-refractivity contribution is 0.0783. The first-order valence-corrected chi connectivity index (χ1v) is 12.8. The minimum absolute atomic E-state index is 0.0764. The molecule has 0 aromatic heterocycles. The molecule has 7 nitrogen and oxygen atoms in total. The lowest BCUT2D eigenvalue weighted by Gasteiger charge is -2.37. The molecule has 0 bridgehead atoms. The van der Waals surface area contributed by atoms with Crippen LogP contribution in [0.2, 0.25) is 5.02 Å². The molecule has 0 fully saturated rings. The van der Waals surface area contributed by atoms with E-state index in [-0.39, 0.29) is 11.5 Å². The lowest BCUT2D eigenvalue weighted by Crippen LogP contribution is -2.48. The zero-order chi connectivity index (χ0) is 24.1. The van der Waals surface area contributed by atoms with Crippen molar-refractivity contribution in [2.75, 3.05) is 18.0 Å². The largest absolute Gasteiger partial charge is 0.446 e. The number of anilines is 1. The van der Waals surface area contributed by atoms with Crippen molar-refractivity contribution in [3.63, 3.8) is 0 Å². The molecule has 0 aliphatic carbocycles. The third-order valence-electron chi connectivity index (χ3n) is 5.75. The summed E-state index contributed by atoms with van der Waals surface area (Å²) in [4.78, 5) is 12.9. The van der Waals surface area contributed by atoms with E-state index in [0.717, 1.165) is 11.1 Å². The first-order chi connectivity index (χ1) is 16.4. The van der Waals surface area contributed by atoms with E-state index in [1.807, 2.05) is 42.5 Å². The van der Waals surface area contributed by atoms with Gasteiger partial charge in [0.25, 0.3) is 10.0 Å².